The molecule has 2 aromatic heterocycles. The molecule has 2 heterocycles. The summed E-state index contributed by atoms with van der Waals surface area (Å²) in [5.74, 6) is -0.518. The van der Waals surface area contributed by atoms with E-state index in [1.165, 1.54) is 10.9 Å². The second-order valence-corrected chi connectivity index (χ2v) is 6.68. The Kier molecular flexibility index (Phi) is 5.09. The number of nitrogens with zero attached hydrogens (tertiary/aromatic N) is 5. The fourth-order valence-corrected chi connectivity index (χ4v) is 2.90. The van der Waals surface area contributed by atoms with Crippen LogP contribution in [0.4, 0.5) is 0 Å². The van der Waals surface area contributed by atoms with Gasteiger partial charge in [-0.05, 0) is 32.9 Å². The molecule has 8 nitrogen and oxygen atoms in total. The Morgan fingerprint density at radius 3 is 2.61 bits per heavy atom. The molecule has 1 aromatic carbocycles. The van der Waals surface area contributed by atoms with Crippen LogP contribution < -0.4 is 11.0 Å². The minimum Gasteiger partial charge on any atom is -0.339 e. The van der Waals surface area contributed by atoms with Crippen LogP contribution in [0.2, 0.25) is 0 Å². The number of hydrogen-bond acceptors (Lipinski definition) is 5. The van der Waals surface area contributed by atoms with Crippen LogP contribution in [-0.2, 0) is 7.05 Å². The quantitative estimate of drug-likeness (QED) is 0.557. The van der Waals surface area contributed by atoms with E-state index in [4.69, 9.17) is 5.26 Å². The van der Waals surface area contributed by atoms with E-state index in [2.05, 4.69) is 21.7 Å². The number of benzene rings is 1. The van der Waals surface area contributed by atoms with Gasteiger partial charge in [0, 0.05) is 23.7 Å². The highest BCUT2D eigenvalue weighted by atomic mass is 16.2. The van der Waals surface area contributed by atoms with E-state index in [1.807, 2.05) is 20.8 Å². The van der Waals surface area contributed by atoms with E-state index >= 15 is 0 Å². The zero-order valence-electron chi connectivity index (χ0n) is 16.1. The number of carbonyl (C=O) groups is 1. The maximum atomic E-state index is 12.7. The van der Waals surface area contributed by atoms with Gasteiger partial charge in [-0.2, -0.15) is 15.5 Å². The predicted molar refractivity (Wildman–Crippen MR) is 106 cm³/mol. The van der Waals surface area contributed by atoms with Gasteiger partial charge in [-0.3, -0.25) is 9.59 Å². The van der Waals surface area contributed by atoms with Crippen LogP contribution in [0.15, 0.2) is 40.2 Å². The van der Waals surface area contributed by atoms with Crippen LogP contribution in [0.5, 0.6) is 0 Å². The Morgan fingerprint density at radius 1 is 1.32 bits per heavy atom. The number of hydrazone groups is 1. The van der Waals surface area contributed by atoms with Gasteiger partial charge < -0.3 is 4.57 Å². The monoisotopic (exact) mass is 376 g/mol. The van der Waals surface area contributed by atoms with Crippen LogP contribution in [0.3, 0.4) is 0 Å². The van der Waals surface area contributed by atoms with Crippen LogP contribution in [0.1, 0.15) is 47.3 Å². The molecule has 0 radical (unpaired) electrons. The molecule has 0 aliphatic carbocycles. The molecule has 1 N–H and O–H groups in total. The van der Waals surface area contributed by atoms with Gasteiger partial charge in [0.25, 0.3) is 11.5 Å². The van der Waals surface area contributed by atoms with Gasteiger partial charge in [0.1, 0.15) is 11.8 Å². The van der Waals surface area contributed by atoms with Gasteiger partial charge in [-0.15, -0.1) is 0 Å². The van der Waals surface area contributed by atoms with Gasteiger partial charge in [-0.25, -0.2) is 10.1 Å². The maximum Gasteiger partial charge on any atom is 0.292 e. The van der Waals surface area contributed by atoms with Crippen LogP contribution in [0, 0.1) is 18.3 Å². The molecular formula is C20H20N6O2. The Bertz CT molecular complexity index is 1190. The minimum atomic E-state index is -0.518. The average molecular weight is 376 g/mol. The number of aromatic nitrogens is 3. The van der Waals surface area contributed by atoms with Crippen molar-refractivity contribution in [2.45, 2.75) is 26.8 Å². The Labute approximate surface area is 161 Å². The standard InChI is InChI=1S/C20H20N6O2/c1-12(2)26-20(28)17-8-6-5-7-16(17)18(24-26)19(27)23-22-11-14-9-15(10-21)25(4)13(14)3/h5-9,11-12H,1-4H3,(H,23,27)/b22-11-. The number of carbonyl (C=O) groups excluding carboxylic acids is 1. The minimum absolute atomic E-state index is 0.128. The number of amides is 1. The van der Waals surface area contributed by atoms with Gasteiger partial charge in [0.15, 0.2) is 5.69 Å². The van der Waals surface area contributed by atoms with Gasteiger partial charge in [0.2, 0.25) is 0 Å². The molecule has 0 atom stereocenters. The zero-order chi connectivity index (χ0) is 20.4. The zero-order valence-corrected chi connectivity index (χ0v) is 16.1. The topological polar surface area (TPSA) is 105 Å². The Morgan fingerprint density at radius 2 is 2.00 bits per heavy atom. The van der Waals surface area contributed by atoms with Crippen LogP contribution in [0.25, 0.3) is 10.8 Å². The van der Waals surface area contributed by atoms with E-state index in [-0.39, 0.29) is 17.3 Å². The summed E-state index contributed by atoms with van der Waals surface area (Å²) in [5, 5.41) is 18.2. The van der Waals surface area contributed by atoms with E-state index in [1.54, 1.807) is 41.9 Å². The smallest absolute Gasteiger partial charge is 0.292 e. The first-order chi connectivity index (χ1) is 13.3. The predicted octanol–water partition coefficient (Wildman–Crippen LogP) is 2.26. The van der Waals surface area contributed by atoms with Crippen molar-refractivity contribution in [1.82, 2.24) is 19.8 Å². The fraction of sp³-hybridized carbons (Fsp3) is 0.250. The molecule has 0 fully saturated rings. The summed E-state index contributed by atoms with van der Waals surface area (Å²) in [6.45, 7) is 5.51. The molecule has 3 rings (SSSR count). The second kappa shape index (κ2) is 7.48. The van der Waals surface area contributed by atoms with Crippen molar-refractivity contribution < 1.29 is 4.79 Å². The SMILES string of the molecule is Cc1c(/C=N\NC(=O)c2nn(C(C)C)c(=O)c3ccccc23)cc(C#N)n1C. The maximum absolute atomic E-state index is 12.7. The molecule has 3 aromatic rings. The summed E-state index contributed by atoms with van der Waals surface area (Å²) in [4.78, 5) is 25.2. The van der Waals surface area contributed by atoms with Gasteiger partial charge in [0.05, 0.1) is 17.6 Å². The molecule has 0 aliphatic rings. The molecule has 0 spiro atoms. The summed E-state index contributed by atoms with van der Waals surface area (Å²) < 4.78 is 3.04. The second-order valence-electron chi connectivity index (χ2n) is 6.68. The fourth-order valence-electron chi connectivity index (χ4n) is 2.90. The molecule has 1 amide bonds. The third-order valence-electron chi connectivity index (χ3n) is 4.59. The van der Waals surface area contributed by atoms with Crippen molar-refractivity contribution >= 4 is 22.9 Å². The highest BCUT2D eigenvalue weighted by molar-refractivity contribution is 6.05. The van der Waals surface area contributed by atoms with Crippen LogP contribution in [-0.4, -0.2) is 26.5 Å². The Hall–Kier alpha value is -3.73. The number of hydrogen-bond donors (Lipinski definition) is 1. The van der Waals surface area contributed by atoms with E-state index < -0.39 is 5.91 Å². The van der Waals surface area contributed by atoms with Crippen LogP contribution >= 0.6 is 0 Å². The van der Waals surface area contributed by atoms with Crippen molar-refractivity contribution in [1.29, 1.82) is 5.26 Å². The molecule has 0 bridgehead atoms. The van der Waals surface area contributed by atoms with Crippen molar-refractivity contribution in [2.24, 2.45) is 12.1 Å². The normalized spacial score (nSPS) is 11.3. The van der Waals surface area contributed by atoms with E-state index in [0.717, 1.165) is 11.3 Å². The first-order valence-electron chi connectivity index (χ1n) is 8.76. The van der Waals surface area contributed by atoms with Crippen molar-refractivity contribution in [3.63, 3.8) is 0 Å². The summed E-state index contributed by atoms with van der Waals surface area (Å²) in [5.41, 5.74) is 4.43. The van der Waals surface area contributed by atoms with Gasteiger partial charge >= 0.3 is 0 Å². The third kappa shape index (κ3) is 3.30. The average Bonchev–Trinajstić information content (AvgIpc) is 2.96. The van der Waals surface area contributed by atoms with E-state index in [9.17, 15) is 9.59 Å². The first-order valence-corrected chi connectivity index (χ1v) is 8.76. The lowest BCUT2D eigenvalue weighted by Crippen LogP contribution is -2.30. The van der Waals surface area contributed by atoms with Crippen molar-refractivity contribution in [2.75, 3.05) is 0 Å². The summed E-state index contributed by atoms with van der Waals surface area (Å²) in [6, 6.07) is 10.5. The molecule has 0 saturated carbocycles. The van der Waals surface area contributed by atoms with Crippen molar-refractivity contribution in [3.05, 3.63) is 63.3 Å². The first kappa shape index (κ1) is 19.0. The highest BCUT2D eigenvalue weighted by Crippen LogP contribution is 2.15. The molecule has 142 valence electrons. The molecule has 8 heteroatoms. The summed E-state index contributed by atoms with van der Waals surface area (Å²) >= 11 is 0. The molecule has 28 heavy (non-hydrogen) atoms. The number of rotatable bonds is 4. The lowest BCUT2D eigenvalue weighted by atomic mass is 10.1. The Balaban J connectivity index is 1.95. The summed E-state index contributed by atoms with van der Waals surface area (Å²) in [6.07, 6.45) is 1.48. The largest absolute Gasteiger partial charge is 0.339 e. The molecule has 0 saturated heterocycles. The molecular weight excluding hydrogens is 356 g/mol. The number of nitrogens with one attached hydrogen (secondary N) is 1. The van der Waals surface area contributed by atoms with Crippen molar-refractivity contribution in [3.8, 4) is 6.07 Å². The van der Waals surface area contributed by atoms with Gasteiger partial charge in [-0.1, -0.05) is 18.2 Å². The summed E-state index contributed by atoms with van der Waals surface area (Å²) in [7, 11) is 1.79. The lowest BCUT2D eigenvalue weighted by Gasteiger charge is -2.12. The molecule has 0 unspecified atom stereocenters. The lowest BCUT2D eigenvalue weighted by molar-refractivity contribution is 0.0949. The third-order valence-corrected chi connectivity index (χ3v) is 4.59. The highest BCUT2D eigenvalue weighted by Gasteiger charge is 2.17. The number of fused-ring (bicyclic) bond motifs is 1. The molecule has 0 aliphatic heterocycles. The van der Waals surface area contributed by atoms with E-state index in [0.29, 0.717) is 16.5 Å². The number of nitriles is 1.